The van der Waals surface area contributed by atoms with E-state index in [2.05, 4.69) is 33.3 Å². The Hall–Kier alpha value is -0.700. The fourth-order valence-electron chi connectivity index (χ4n) is 2.13. The van der Waals surface area contributed by atoms with Crippen LogP contribution in [-0.4, -0.2) is 33.0 Å². The quantitative estimate of drug-likeness (QED) is 0.863. The van der Waals surface area contributed by atoms with Gasteiger partial charge < -0.3 is 5.32 Å². The zero-order valence-electron chi connectivity index (χ0n) is 11.3. The Morgan fingerprint density at radius 2 is 2.29 bits per heavy atom. The monoisotopic (exact) mass is 385 g/mol. The van der Waals surface area contributed by atoms with Crippen LogP contribution in [0.25, 0.3) is 0 Å². The average Bonchev–Trinajstić information content (AvgIpc) is 2.80. The molecule has 1 aromatic rings. The van der Waals surface area contributed by atoms with Gasteiger partial charge in [-0.25, -0.2) is 4.68 Å². The van der Waals surface area contributed by atoms with Crippen molar-refractivity contribution in [3.8, 4) is 0 Å². The lowest BCUT2D eigenvalue weighted by atomic mass is 10.1. The van der Waals surface area contributed by atoms with Crippen LogP contribution < -0.4 is 10.9 Å². The smallest absolute Gasteiger partial charge is 0.381 e. The molecule has 0 amide bonds. The first-order valence-electron chi connectivity index (χ1n) is 6.40. The van der Waals surface area contributed by atoms with Crippen molar-refractivity contribution < 1.29 is 13.2 Å². The maximum Gasteiger partial charge on any atom is 0.408 e. The van der Waals surface area contributed by atoms with Gasteiger partial charge in [0.05, 0.1) is 11.9 Å². The standard InChI is InChI=1S/C12H15BrF3N3OS/c1-11(3-2-4-21-11)6-17-8-5-18-19(7-12(14,15)16)10(20)9(8)13/h5,17H,2-4,6-7H2,1H3. The van der Waals surface area contributed by atoms with Gasteiger partial charge in [0.15, 0.2) is 0 Å². The van der Waals surface area contributed by atoms with Gasteiger partial charge in [-0.1, -0.05) is 0 Å². The Morgan fingerprint density at radius 3 is 2.86 bits per heavy atom. The molecule has 1 aliphatic rings. The third kappa shape index (κ3) is 4.38. The van der Waals surface area contributed by atoms with E-state index in [1.807, 2.05) is 11.8 Å². The number of hydrogen-bond acceptors (Lipinski definition) is 4. The first-order chi connectivity index (χ1) is 9.70. The van der Waals surface area contributed by atoms with Crippen LogP contribution in [0.15, 0.2) is 15.5 Å². The van der Waals surface area contributed by atoms with Crippen molar-refractivity contribution >= 4 is 33.4 Å². The van der Waals surface area contributed by atoms with E-state index in [0.717, 1.165) is 18.6 Å². The van der Waals surface area contributed by atoms with Crippen molar-refractivity contribution in [3.63, 3.8) is 0 Å². The largest absolute Gasteiger partial charge is 0.408 e. The molecule has 1 aliphatic heterocycles. The summed E-state index contributed by atoms with van der Waals surface area (Å²) in [5.74, 6) is 1.10. The van der Waals surface area contributed by atoms with Crippen molar-refractivity contribution in [2.75, 3.05) is 17.6 Å². The van der Waals surface area contributed by atoms with Crippen molar-refractivity contribution in [1.29, 1.82) is 0 Å². The molecule has 1 aromatic heterocycles. The highest BCUT2D eigenvalue weighted by Crippen LogP contribution is 2.37. The van der Waals surface area contributed by atoms with Gasteiger partial charge in [-0.05, 0) is 41.4 Å². The zero-order chi connectivity index (χ0) is 15.7. The molecule has 0 radical (unpaired) electrons. The molecule has 118 valence electrons. The maximum atomic E-state index is 12.3. The summed E-state index contributed by atoms with van der Waals surface area (Å²) in [6.07, 6.45) is -1.00. The fourth-order valence-corrected chi connectivity index (χ4v) is 3.82. The molecule has 9 heteroatoms. The number of halogens is 4. The predicted molar refractivity (Wildman–Crippen MR) is 80.8 cm³/mol. The first kappa shape index (κ1) is 16.7. The van der Waals surface area contributed by atoms with Crippen LogP contribution in [0.1, 0.15) is 19.8 Å². The zero-order valence-corrected chi connectivity index (χ0v) is 13.7. The first-order valence-corrected chi connectivity index (χ1v) is 8.18. The number of alkyl halides is 3. The molecule has 0 saturated carbocycles. The van der Waals surface area contributed by atoms with E-state index in [9.17, 15) is 18.0 Å². The Bertz CT molecular complexity index is 570. The van der Waals surface area contributed by atoms with E-state index in [1.165, 1.54) is 6.20 Å². The Kier molecular flexibility index (Phi) is 4.92. The minimum Gasteiger partial charge on any atom is -0.381 e. The summed E-state index contributed by atoms with van der Waals surface area (Å²) >= 11 is 4.91. The molecule has 0 spiro atoms. The van der Waals surface area contributed by atoms with Gasteiger partial charge in [-0.3, -0.25) is 4.79 Å². The number of thioether (sulfide) groups is 1. The van der Waals surface area contributed by atoms with Crippen LogP contribution in [0.4, 0.5) is 18.9 Å². The summed E-state index contributed by atoms with van der Waals surface area (Å²) in [5.41, 5.74) is -0.367. The van der Waals surface area contributed by atoms with Crippen LogP contribution in [0.2, 0.25) is 0 Å². The molecule has 0 bridgehead atoms. The van der Waals surface area contributed by atoms with Crippen molar-refractivity contribution in [2.24, 2.45) is 0 Å². The molecule has 0 aromatic carbocycles. The molecule has 4 nitrogen and oxygen atoms in total. The van der Waals surface area contributed by atoms with E-state index in [-0.39, 0.29) is 9.22 Å². The second-order valence-electron chi connectivity index (χ2n) is 5.21. The third-order valence-corrected chi connectivity index (χ3v) is 5.57. The van der Waals surface area contributed by atoms with Crippen LogP contribution in [0.3, 0.4) is 0 Å². The van der Waals surface area contributed by atoms with Crippen LogP contribution in [0, 0.1) is 0 Å². The summed E-state index contributed by atoms with van der Waals surface area (Å²) in [7, 11) is 0. The van der Waals surface area contributed by atoms with Gasteiger partial charge in [0.1, 0.15) is 11.0 Å². The van der Waals surface area contributed by atoms with Gasteiger partial charge in [0, 0.05) is 11.3 Å². The number of anilines is 1. The highest BCUT2D eigenvalue weighted by Gasteiger charge is 2.31. The normalized spacial score (nSPS) is 22.5. The lowest BCUT2D eigenvalue weighted by molar-refractivity contribution is -0.143. The van der Waals surface area contributed by atoms with E-state index in [1.54, 1.807) is 0 Å². The number of aromatic nitrogens is 2. The lowest BCUT2D eigenvalue weighted by Gasteiger charge is -2.23. The van der Waals surface area contributed by atoms with Crippen molar-refractivity contribution in [1.82, 2.24) is 9.78 Å². The van der Waals surface area contributed by atoms with E-state index in [4.69, 9.17) is 0 Å². The molecule has 1 unspecified atom stereocenters. The van der Waals surface area contributed by atoms with Gasteiger partial charge in [0.25, 0.3) is 5.56 Å². The van der Waals surface area contributed by atoms with Crippen molar-refractivity contribution in [2.45, 2.75) is 37.2 Å². The van der Waals surface area contributed by atoms with Crippen LogP contribution in [-0.2, 0) is 6.54 Å². The summed E-state index contributed by atoms with van der Waals surface area (Å²) in [4.78, 5) is 11.9. The molecular formula is C12H15BrF3N3OS. The summed E-state index contributed by atoms with van der Waals surface area (Å²) < 4.78 is 37.5. The van der Waals surface area contributed by atoms with Gasteiger partial charge in [-0.15, -0.1) is 0 Å². The summed E-state index contributed by atoms with van der Waals surface area (Å²) in [6, 6.07) is 0. The Morgan fingerprint density at radius 1 is 1.57 bits per heavy atom. The third-order valence-electron chi connectivity index (χ3n) is 3.27. The predicted octanol–water partition coefficient (Wildman–Crippen LogP) is 3.27. The number of rotatable bonds is 4. The Balaban J connectivity index is 2.11. The highest BCUT2D eigenvalue weighted by atomic mass is 79.9. The fraction of sp³-hybridized carbons (Fsp3) is 0.667. The van der Waals surface area contributed by atoms with Crippen LogP contribution in [0.5, 0.6) is 0 Å². The van der Waals surface area contributed by atoms with Gasteiger partial charge >= 0.3 is 6.18 Å². The number of hydrogen-bond donors (Lipinski definition) is 1. The molecule has 0 aliphatic carbocycles. The van der Waals surface area contributed by atoms with Gasteiger partial charge in [-0.2, -0.15) is 30.0 Å². The Labute approximate surface area is 132 Å². The average molecular weight is 386 g/mol. The molecular weight excluding hydrogens is 371 g/mol. The van der Waals surface area contributed by atoms with Gasteiger partial charge in [0.2, 0.25) is 0 Å². The topological polar surface area (TPSA) is 46.9 Å². The van der Waals surface area contributed by atoms with E-state index >= 15 is 0 Å². The molecule has 1 N–H and O–H groups in total. The summed E-state index contributed by atoms with van der Waals surface area (Å²) in [6.45, 7) is 1.38. The lowest BCUT2D eigenvalue weighted by Crippen LogP contribution is -2.32. The maximum absolute atomic E-state index is 12.3. The highest BCUT2D eigenvalue weighted by molar-refractivity contribution is 9.10. The minimum absolute atomic E-state index is 0.0772. The minimum atomic E-state index is -4.47. The molecule has 1 fully saturated rings. The second kappa shape index (κ2) is 6.20. The SMILES string of the molecule is CC1(CNc2cnn(CC(F)(F)F)c(=O)c2Br)CCCS1. The molecule has 21 heavy (non-hydrogen) atoms. The molecule has 1 saturated heterocycles. The number of nitrogens with one attached hydrogen (secondary N) is 1. The second-order valence-corrected chi connectivity index (χ2v) is 7.68. The van der Waals surface area contributed by atoms with Crippen molar-refractivity contribution in [3.05, 3.63) is 21.0 Å². The molecule has 1 atom stereocenters. The molecule has 2 heterocycles. The molecule has 2 rings (SSSR count). The van der Waals surface area contributed by atoms with Crippen LogP contribution >= 0.6 is 27.7 Å². The van der Waals surface area contributed by atoms with E-state index < -0.39 is 18.3 Å². The number of nitrogens with zero attached hydrogens (tertiary/aromatic N) is 2. The van der Waals surface area contributed by atoms with E-state index in [0.29, 0.717) is 16.9 Å². The summed E-state index contributed by atoms with van der Waals surface area (Å²) in [5, 5.41) is 6.68.